The monoisotopic (exact) mass is 534 g/mol. The van der Waals surface area contributed by atoms with Gasteiger partial charge in [0.05, 0.1) is 31.2 Å². The Labute approximate surface area is 222 Å². The number of nitrogens with zero attached hydrogens (tertiary/aromatic N) is 2. The van der Waals surface area contributed by atoms with Crippen LogP contribution in [0.1, 0.15) is 11.1 Å². The lowest BCUT2D eigenvalue weighted by atomic mass is 10.1. The molecule has 8 heteroatoms. The fraction of sp³-hybridized carbons (Fsp3) is 0.167. The minimum absolute atomic E-state index is 0.256. The summed E-state index contributed by atoms with van der Waals surface area (Å²) in [5, 5.41) is 4.25. The summed E-state index contributed by atoms with van der Waals surface area (Å²) in [5.74, 6) is 1.29. The van der Waals surface area contributed by atoms with Crippen molar-refractivity contribution in [2.75, 3.05) is 14.2 Å². The van der Waals surface area contributed by atoms with Crippen molar-refractivity contribution in [1.29, 1.82) is 0 Å². The number of methoxy groups -OCH3 is 2. The molecule has 0 fully saturated rings. The van der Waals surface area contributed by atoms with Crippen LogP contribution in [-0.4, -0.2) is 18.8 Å². The predicted octanol–water partition coefficient (Wildman–Crippen LogP) is 7.88. The Morgan fingerprint density at radius 3 is 2.37 bits per heavy atom. The maximum atomic E-state index is 13.3. The zero-order valence-corrected chi connectivity index (χ0v) is 21.6. The van der Waals surface area contributed by atoms with Crippen LogP contribution < -0.4 is 14.3 Å². The maximum absolute atomic E-state index is 13.3. The molecular formula is C30H25F3N2O2S. The quantitative estimate of drug-likeness (QED) is 0.213. The van der Waals surface area contributed by atoms with Gasteiger partial charge in [0, 0.05) is 11.9 Å². The van der Waals surface area contributed by atoms with Crippen molar-refractivity contribution >= 4 is 27.8 Å². The summed E-state index contributed by atoms with van der Waals surface area (Å²) < 4.78 is 52.8. The first-order valence-electron chi connectivity index (χ1n) is 12.0. The third-order valence-corrected chi connectivity index (χ3v) is 7.18. The second-order valence-corrected chi connectivity index (χ2v) is 9.55. The van der Waals surface area contributed by atoms with Crippen LogP contribution in [0.2, 0.25) is 0 Å². The molecular weight excluding hydrogens is 509 g/mol. The second-order valence-electron chi connectivity index (χ2n) is 8.72. The molecule has 0 unspecified atom stereocenters. The number of thiazole rings is 1. The number of aromatic nitrogens is 1. The van der Waals surface area contributed by atoms with Gasteiger partial charge in [0.15, 0.2) is 16.3 Å². The molecule has 0 atom stereocenters. The molecule has 1 heterocycles. The van der Waals surface area contributed by atoms with E-state index in [1.165, 1.54) is 17.4 Å². The van der Waals surface area contributed by atoms with Crippen LogP contribution in [0.15, 0.2) is 95.3 Å². The highest BCUT2D eigenvalue weighted by atomic mass is 32.1. The molecule has 1 aromatic heterocycles. The van der Waals surface area contributed by atoms with Crippen LogP contribution in [-0.2, 0) is 19.1 Å². The van der Waals surface area contributed by atoms with Gasteiger partial charge in [0.25, 0.3) is 0 Å². The fourth-order valence-corrected chi connectivity index (χ4v) is 5.31. The molecule has 4 aromatic carbocycles. The van der Waals surface area contributed by atoms with Gasteiger partial charge in [-0.25, -0.2) is 4.99 Å². The topological polar surface area (TPSA) is 35.8 Å². The Morgan fingerprint density at radius 1 is 0.816 bits per heavy atom. The number of alkyl halides is 3. The molecule has 194 valence electrons. The van der Waals surface area contributed by atoms with Crippen LogP contribution in [0, 0.1) is 0 Å². The number of ether oxygens (including phenoxy) is 2. The van der Waals surface area contributed by atoms with Gasteiger partial charge in [0.2, 0.25) is 0 Å². The molecule has 0 radical (unpaired) electrons. The molecule has 0 N–H and O–H groups in total. The molecule has 4 nitrogen and oxygen atoms in total. The van der Waals surface area contributed by atoms with Crippen molar-refractivity contribution in [2.24, 2.45) is 4.99 Å². The van der Waals surface area contributed by atoms with E-state index in [-0.39, 0.29) is 5.69 Å². The predicted molar refractivity (Wildman–Crippen MR) is 145 cm³/mol. The number of aryl methyl sites for hydroxylation is 1. The highest BCUT2D eigenvalue weighted by molar-refractivity contribution is 7.07. The molecule has 0 bridgehead atoms. The van der Waals surface area contributed by atoms with E-state index in [2.05, 4.69) is 39.9 Å². The van der Waals surface area contributed by atoms with Crippen LogP contribution in [0.4, 0.5) is 18.9 Å². The van der Waals surface area contributed by atoms with Gasteiger partial charge in [0.1, 0.15) is 0 Å². The number of halogens is 3. The Balaban J connectivity index is 1.58. The van der Waals surface area contributed by atoms with Crippen LogP contribution in [0.5, 0.6) is 11.5 Å². The lowest BCUT2D eigenvalue weighted by molar-refractivity contribution is -0.137. The van der Waals surface area contributed by atoms with E-state index in [1.807, 2.05) is 35.7 Å². The largest absolute Gasteiger partial charge is 0.493 e. The van der Waals surface area contributed by atoms with E-state index in [9.17, 15) is 13.2 Å². The highest BCUT2D eigenvalue weighted by Crippen LogP contribution is 2.32. The third-order valence-electron chi connectivity index (χ3n) is 6.31. The number of benzene rings is 4. The molecule has 0 saturated heterocycles. The summed E-state index contributed by atoms with van der Waals surface area (Å²) in [6.07, 6.45) is -3.77. The zero-order chi connectivity index (χ0) is 26.7. The summed E-state index contributed by atoms with van der Waals surface area (Å²) in [4.78, 5) is 5.25. The van der Waals surface area contributed by atoms with Gasteiger partial charge in [-0.15, -0.1) is 11.3 Å². The van der Waals surface area contributed by atoms with Crippen LogP contribution in [0.25, 0.3) is 22.0 Å². The minimum atomic E-state index is -4.43. The molecule has 0 amide bonds. The summed E-state index contributed by atoms with van der Waals surface area (Å²) in [5.41, 5.74) is 2.54. The standard InChI is InChI=1S/C30H25F3N2O2S/c1-36-27-13-10-20(16-28(27)37-2)14-15-35-26(23-12-11-21-6-3-4-7-22(21)17-23)19-38-29(35)34-25-9-5-8-24(18-25)30(31,32)33/h3-13,16-19H,14-15H2,1-2H3. The van der Waals surface area contributed by atoms with Crippen molar-refractivity contribution in [2.45, 2.75) is 19.1 Å². The molecule has 0 aliphatic rings. The van der Waals surface area contributed by atoms with Crippen LogP contribution >= 0.6 is 11.3 Å². The Morgan fingerprint density at radius 2 is 1.61 bits per heavy atom. The lowest BCUT2D eigenvalue weighted by Crippen LogP contribution is -2.17. The molecule has 0 spiro atoms. The molecule has 5 aromatic rings. The average molecular weight is 535 g/mol. The number of fused-ring (bicyclic) bond motifs is 1. The molecule has 0 saturated carbocycles. The minimum Gasteiger partial charge on any atom is -0.493 e. The summed E-state index contributed by atoms with van der Waals surface area (Å²) in [6, 6.07) is 25.3. The lowest BCUT2D eigenvalue weighted by Gasteiger charge is -2.12. The summed E-state index contributed by atoms with van der Waals surface area (Å²) in [7, 11) is 3.19. The SMILES string of the molecule is COc1ccc(CCn2c(-c3ccc4ccccc4c3)csc2=Nc2cccc(C(F)(F)F)c2)cc1OC. The van der Waals surface area contributed by atoms with Crippen molar-refractivity contribution in [3.63, 3.8) is 0 Å². The van der Waals surface area contributed by atoms with Gasteiger partial charge < -0.3 is 14.0 Å². The molecule has 5 rings (SSSR count). The van der Waals surface area contributed by atoms with E-state index in [1.54, 1.807) is 20.3 Å². The van der Waals surface area contributed by atoms with Crippen molar-refractivity contribution < 1.29 is 22.6 Å². The maximum Gasteiger partial charge on any atom is 0.416 e. The number of rotatable bonds is 7. The normalized spacial score (nSPS) is 12.2. The van der Waals surface area contributed by atoms with E-state index in [0.717, 1.165) is 39.7 Å². The Kier molecular flexibility index (Phi) is 7.24. The van der Waals surface area contributed by atoms with E-state index < -0.39 is 11.7 Å². The van der Waals surface area contributed by atoms with Gasteiger partial charge in [-0.1, -0.05) is 48.5 Å². The van der Waals surface area contributed by atoms with Crippen molar-refractivity contribution in [3.8, 4) is 22.8 Å². The molecule has 0 aliphatic carbocycles. The van der Waals surface area contributed by atoms with Crippen molar-refractivity contribution in [1.82, 2.24) is 4.57 Å². The first-order valence-corrected chi connectivity index (χ1v) is 12.8. The smallest absolute Gasteiger partial charge is 0.416 e. The number of hydrogen-bond acceptors (Lipinski definition) is 4. The zero-order valence-electron chi connectivity index (χ0n) is 20.8. The van der Waals surface area contributed by atoms with E-state index in [0.29, 0.717) is 29.3 Å². The van der Waals surface area contributed by atoms with E-state index >= 15 is 0 Å². The van der Waals surface area contributed by atoms with Gasteiger partial charge in [-0.3, -0.25) is 0 Å². The second kappa shape index (κ2) is 10.8. The van der Waals surface area contributed by atoms with Gasteiger partial charge in [-0.05, 0) is 64.7 Å². The average Bonchev–Trinajstić information content (AvgIpc) is 3.33. The van der Waals surface area contributed by atoms with Gasteiger partial charge >= 0.3 is 6.18 Å². The number of hydrogen-bond donors (Lipinski definition) is 0. The summed E-state index contributed by atoms with van der Waals surface area (Å²) in [6.45, 7) is 0.568. The first kappa shape index (κ1) is 25.6. The van der Waals surface area contributed by atoms with E-state index in [4.69, 9.17) is 9.47 Å². The third kappa shape index (κ3) is 5.45. The van der Waals surface area contributed by atoms with Gasteiger partial charge in [-0.2, -0.15) is 13.2 Å². The first-order chi connectivity index (χ1) is 18.4. The van der Waals surface area contributed by atoms with Crippen LogP contribution in [0.3, 0.4) is 0 Å². The Hall–Kier alpha value is -4.04. The Bertz CT molecular complexity index is 1650. The fourth-order valence-electron chi connectivity index (χ4n) is 4.35. The molecule has 38 heavy (non-hydrogen) atoms. The highest BCUT2D eigenvalue weighted by Gasteiger charge is 2.30. The molecule has 0 aliphatic heterocycles. The summed E-state index contributed by atoms with van der Waals surface area (Å²) >= 11 is 1.40. The van der Waals surface area contributed by atoms with Crippen molar-refractivity contribution in [3.05, 3.63) is 106 Å².